The number of carbonyl (C=O) groups is 2. The summed E-state index contributed by atoms with van der Waals surface area (Å²) in [6.07, 6.45) is 6.24. The Bertz CT molecular complexity index is 596. The first-order valence-corrected chi connectivity index (χ1v) is 8.34. The quantitative estimate of drug-likeness (QED) is 0.599. The molecule has 0 heterocycles. The normalized spacial score (nSPS) is 24.7. The van der Waals surface area contributed by atoms with Crippen molar-refractivity contribution >= 4 is 11.9 Å². The Kier molecular flexibility index (Phi) is 4.79. The average molecular weight is 313 g/mol. The van der Waals surface area contributed by atoms with Gasteiger partial charge in [0, 0.05) is 13.1 Å². The van der Waals surface area contributed by atoms with Crippen molar-refractivity contribution in [1.29, 1.82) is 0 Å². The van der Waals surface area contributed by atoms with E-state index in [4.69, 9.17) is 4.74 Å². The maximum absolute atomic E-state index is 12.3. The number of benzene rings is 1. The van der Waals surface area contributed by atoms with Crippen LogP contribution < -0.4 is 0 Å². The summed E-state index contributed by atoms with van der Waals surface area (Å²) in [4.78, 5) is 26.2. The number of fused-ring (bicyclic) bond motifs is 2. The van der Waals surface area contributed by atoms with E-state index in [-0.39, 0.29) is 24.4 Å². The molecule has 0 aromatic heterocycles. The SMILES string of the molecule is CCN(Cc1ccccc1)C(=O)COC(=O)[C@@H]1C[C@H]2C=C[C@@H]1C2. The largest absolute Gasteiger partial charge is 0.455 e. The number of likely N-dealkylation sites (N-methyl/N-ethyl adjacent to an activating group) is 1. The Morgan fingerprint density at radius 3 is 2.57 bits per heavy atom. The molecule has 1 saturated carbocycles. The first kappa shape index (κ1) is 15.8. The molecular formula is C19H23NO3. The second kappa shape index (κ2) is 6.99. The van der Waals surface area contributed by atoms with Crippen molar-refractivity contribution in [2.75, 3.05) is 13.2 Å². The summed E-state index contributed by atoms with van der Waals surface area (Å²) in [6, 6.07) is 9.84. The molecule has 2 bridgehead atoms. The second-order valence-electron chi connectivity index (χ2n) is 6.39. The average Bonchev–Trinajstić information content (AvgIpc) is 3.21. The number of amides is 1. The van der Waals surface area contributed by atoms with Crippen molar-refractivity contribution in [3.05, 3.63) is 48.0 Å². The first-order valence-electron chi connectivity index (χ1n) is 8.34. The summed E-state index contributed by atoms with van der Waals surface area (Å²) in [6.45, 7) is 2.92. The van der Waals surface area contributed by atoms with Crippen LogP contribution in [-0.4, -0.2) is 29.9 Å². The molecule has 1 aromatic carbocycles. The predicted octanol–water partition coefficient (Wildman–Crippen LogP) is 2.79. The van der Waals surface area contributed by atoms with Gasteiger partial charge in [0.05, 0.1) is 5.92 Å². The molecular weight excluding hydrogens is 290 g/mol. The number of nitrogens with zero attached hydrogens (tertiary/aromatic N) is 1. The molecule has 0 N–H and O–H groups in total. The Labute approximate surface area is 137 Å². The summed E-state index contributed by atoms with van der Waals surface area (Å²) in [5, 5.41) is 0. The van der Waals surface area contributed by atoms with E-state index in [1.165, 1.54) is 0 Å². The minimum atomic E-state index is -0.217. The van der Waals surface area contributed by atoms with Gasteiger partial charge >= 0.3 is 5.97 Å². The Morgan fingerprint density at radius 1 is 1.17 bits per heavy atom. The molecule has 0 radical (unpaired) electrons. The van der Waals surface area contributed by atoms with Crippen molar-refractivity contribution in [3.8, 4) is 0 Å². The summed E-state index contributed by atoms with van der Waals surface area (Å²) in [5.41, 5.74) is 1.08. The first-order chi connectivity index (χ1) is 11.2. The lowest BCUT2D eigenvalue weighted by Crippen LogP contribution is -2.35. The third kappa shape index (κ3) is 3.63. The highest BCUT2D eigenvalue weighted by molar-refractivity contribution is 5.81. The Hall–Kier alpha value is -2.10. The fourth-order valence-electron chi connectivity index (χ4n) is 3.56. The predicted molar refractivity (Wildman–Crippen MR) is 87.3 cm³/mol. The van der Waals surface area contributed by atoms with Gasteiger partial charge in [-0.25, -0.2) is 0 Å². The molecule has 4 nitrogen and oxygen atoms in total. The third-order valence-corrected chi connectivity index (χ3v) is 4.87. The Balaban J connectivity index is 1.49. The van der Waals surface area contributed by atoms with Crippen LogP contribution in [0.15, 0.2) is 42.5 Å². The number of hydrogen-bond donors (Lipinski definition) is 0. The fraction of sp³-hybridized carbons (Fsp3) is 0.474. The van der Waals surface area contributed by atoms with Crippen LogP contribution in [0.1, 0.15) is 25.3 Å². The van der Waals surface area contributed by atoms with Crippen molar-refractivity contribution < 1.29 is 14.3 Å². The van der Waals surface area contributed by atoms with Gasteiger partial charge < -0.3 is 9.64 Å². The fourth-order valence-corrected chi connectivity index (χ4v) is 3.56. The molecule has 1 fully saturated rings. The van der Waals surface area contributed by atoms with Crippen LogP contribution in [0.3, 0.4) is 0 Å². The molecule has 122 valence electrons. The molecule has 2 aliphatic carbocycles. The smallest absolute Gasteiger partial charge is 0.310 e. The zero-order valence-corrected chi connectivity index (χ0v) is 13.5. The summed E-state index contributed by atoms with van der Waals surface area (Å²) < 4.78 is 5.30. The van der Waals surface area contributed by atoms with Crippen LogP contribution in [0.2, 0.25) is 0 Å². The molecule has 3 rings (SSSR count). The van der Waals surface area contributed by atoms with E-state index in [1.54, 1.807) is 4.90 Å². The monoisotopic (exact) mass is 313 g/mol. The molecule has 1 amide bonds. The van der Waals surface area contributed by atoms with Gasteiger partial charge in [0.25, 0.3) is 5.91 Å². The molecule has 0 unspecified atom stereocenters. The molecule has 23 heavy (non-hydrogen) atoms. The number of hydrogen-bond acceptors (Lipinski definition) is 3. The van der Waals surface area contributed by atoms with Crippen LogP contribution >= 0.6 is 0 Å². The summed E-state index contributed by atoms with van der Waals surface area (Å²) >= 11 is 0. The van der Waals surface area contributed by atoms with Gasteiger partial charge in [-0.1, -0.05) is 42.5 Å². The number of allylic oxidation sites excluding steroid dienone is 2. The second-order valence-corrected chi connectivity index (χ2v) is 6.39. The zero-order chi connectivity index (χ0) is 16.2. The molecule has 0 saturated heterocycles. The van der Waals surface area contributed by atoms with Crippen molar-refractivity contribution in [2.24, 2.45) is 17.8 Å². The van der Waals surface area contributed by atoms with Gasteiger partial charge in [-0.3, -0.25) is 9.59 Å². The minimum Gasteiger partial charge on any atom is -0.455 e. The van der Waals surface area contributed by atoms with E-state index >= 15 is 0 Å². The minimum absolute atomic E-state index is 0.0537. The standard InChI is InChI=1S/C19H23NO3/c1-2-20(12-14-6-4-3-5-7-14)18(21)13-23-19(22)17-11-15-8-9-16(17)10-15/h3-9,15-17H,2,10-13H2,1H3/t15-,16+,17+/m0/s1. The molecule has 4 heteroatoms. The maximum Gasteiger partial charge on any atom is 0.310 e. The van der Waals surface area contributed by atoms with Crippen LogP contribution in [-0.2, 0) is 20.9 Å². The number of esters is 1. The lowest BCUT2D eigenvalue weighted by molar-refractivity contribution is -0.156. The summed E-state index contributed by atoms with van der Waals surface area (Å²) in [5.74, 6) is 0.434. The van der Waals surface area contributed by atoms with Gasteiger partial charge in [0.2, 0.25) is 0 Å². The molecule has 2 aliphatic rings. The molecule has 3 atom stereocenters. The number of ether oxygens (including phenoxy) is 1. The van der Waals surface area contributed by atoms with E-state index in [1.807, 2.05) is 37.3 Å². The van der Waals surface area contributed by atoms with Gasteiger partial charge in [-0.05, 0) is 37.2 Å². The van der Waals surface area contributed by atoms with Crippen molar-refractivity contribution in [1.82, 2.24) is 4.90 Å². The van der Waals surface area contributed by atoms with Gasteiger partial charge in [-0.2, -0.15) is 0 Å². The number of rotatable bonds is 6. The van der Waals surface area contributed by atoms with E-state index < -0.39 is 0 Å². The lowest BCUT2D eigenvalue weighted by Gasteiger charge is -2.22. The Morgan fingerprint density at radius 2 is 1.96 bits per heavy atom. The van der Waals surface area contributed by atoms with E-state index in [9.17, 15) is 9.59 Å². The van der Waals surface area contributed by atoms with Gasteiger partial charge in [0.15, 0.2) is 6.61 Å². The lowest BCUT2D eigenvalue weighted by atomic mass is 9.94. The van der Waals surface area contributed by atoms with Gasteiger partial charge in [-0.15, -0.1) is 0 Å². The van der Waals surface area contributed by atoms with Crippen molar-refractivity contribution in [2.45, 2.75) is 26.3 Å². The topological polar surface area (TPSA) is 46.6 Å². The molecule has 1 aromatic rings. The van der Waals surface area contributed by atoms with E-state index in [0.29, 0.717) is 24.9 Å². The van der Waals surface area contributed by atoms with Crippen LogP contribution in [0, 0.1) is 17.8 Å². The van der Waals surface area contributed by atoms with Gasteiger partial charge in [0.1, 0.15) is 0 Å². The number of carbonyl (C=O) groups excluding carboxylic acids is 2. The van der Waals surface area contributed by atoms with Crippen LogP contribution in [0.25, 0.3) is 0 Å². The zero-order valence-electron chi connectivity index (χ0n) is 13.5. The van der Waals surface area contributed by atoms with E-state index in [0.717, 1.165) is 18.4 Å². The van der Waals surface area contributed by atoms with Crippen LogP contribution in [0.5, 0.6) is 0 Å². The van der Waals surface area contributed by atoms with Crippen molar-refractivity contribution in [3.63, 3.8) is 0 Å². The van der Waals surface area contributed by atoms with Crippen LogP contribution in [0.4, 0.5) is 0 Å². The molecule has 0 spiro atoms. The van der Waals surface area contributed by atoms with E-state index in [2.05, 4.69) is 12.2 Å². The highest BCUT2D eigenvalue weighted by atomic mass is 16.5. The maximum atomic E-state index is 12.3. The highest BCUT2D eigenvalue weighted by Gasteiger charge is 2.40. The summed E-state index contributed by atoms with van der Waals surface area (Å²) in [7, 11) is 0. The highest BCUT2D eigenvalue weighted by Crippen LogP contribution is 2.43. The molecule has 0 aliphatic heterocycles. The third-order valence-electron chi connectivity index (χ3n) is 4.87.